The first-order valence-electron chi connectivity index (χ1n) is 9.26. The van der Waals surface area contributed by atoms with E-state index in [2.05, 4.69) is 20.9 Å². The number of carbonyl (C=O) groups excluding carboxylic acids is 1. The van der Waals surface area contributed by atoms with Crippen LogP contribution >= 0.6 is 0 Å². The molecule has 1 heterocycles. The van der Waals surface area contributed by atoms with Crippen LogP contribution in [0.2, 0.25) is 0 Å². The molecule has 9 heteroatoms. The SMILES string of the molecule is CC.COc1cc(NC(=O)Nc2cccc(CNC(=O)O)c2)ccc1-c1cnco1. The summed E-state index contributed by atoms with van der Waals surface area (Å²) in [6.07, 6.45) is 1.79. The molecule has 3 amide bonds. The van der Waals surface area contributed by atoms with Gasteiger partial charge in [0.15, 0.2) is 12.2 Å². The number of nitrogens with one attached hydrogen (secondary N) is 3. The molecule has 0 aliphatic heterocycles. The van der Waals surface area contributed by atoms with Crippen molar-refractivity contribution < 1.29 is 23.8 Å². The first kappa shape index (κ1) is 22.3. The zero-order valence-electron chi connectivity index (χ0n) is 16.9. The van der Waals surface area contributed by atoms with E-state index in [1.807, 2.05) is 13.8 Å². The van der Waals surface area contributed by atoms with Gasteiger partial charge in [0.05, 0.1) is 18.9 Å². The first-order chi connectivity index (χ1) is 14.5. The summed E-state index contributed by atoms with van der Waals surface area (Å²) < 4.78 is 10.6. The lowest BCUT2D eigenvalue weighted by Gasteiger charge is -2.11. The van der Waals surface area contributed by atoms with Crippen molar-refractivity contribution in [3.8, 4) is 17.1 Å². The van der Waals surface area contributed by atoms with Crippen molar-refractivity contribution in [2.24, 2.45) is 0 Å². The normalized spacial score (nSPS) is 9.70. The van der Waals surface area contributed by atoms with Crippen LogP contribution in [-0.2, 0) is 6.54 Å². The number of carbonyl (C=O) groups is 2. The standard InChI is InChI=1S/C19H18N4O5.C2H6/c1-27-16-8-14(5-6-15(16)17-10-20-11-28-17)23-18(24)22-13-4-2-3-12(7-13)9-21-19(25)26;1-2/h2-8,10-11,21H,9H2,1H3,(H,25,26)(H2,22,23,24);1-2H3. The number of urea groups is 1. The Balaban J connectivity index is 0.00000155. The molecule has 0 bridgehead atoms. The van der Waals surface area contributed by atoms with Crippen molar-refractivity contribution in [3.05, 3.63) is 60.6 Å². The molecule has 2 aromatic carbocycles. The first-order valence-corrected chi connectivity index (χ1v) is 9.26. The molecule has 0 aliphatic carbocycles. The van der Waals surface area contributed by atoms with Gasteiger partial charge < -0.3 is 30.2 Å². The van der Waals surface area contributed by atoms with Gasteiger partial charge in [-0.15, -0.1) is 0 Å². The molecule has 0 spiro atoms. The molecule has 158 valence electrons. The number of hydrogen-bond donors (Lipinski definition) is 4. The Hall–Kier alpha value is -4.01. The van der Waals surface area contributed by atoms with E-state index in [1.54, 1.807) is 48.7 Å². The number of rotatable bonds is 6. The van der Waals surface area contributed by atoms with E-state index in [4.69, 9.17) is 14.3 Å². The number of amides is 3. The number of anilines is 2. The summed E-state index contributed by atoms with van der Waals surface area (Å²) in [6, 6.07) is 11.6. The van der Waals surface area contributed by atoms with Crippen LogP contribution in [-0.4, -0.2) is 29.3 Å². The summed E-state index contributed by atoms with van der Waals surface area (Å²) in [5.41, 5.74) is 2.50. The lowest BCUT2D eigenvalue weighted by molar-refractivity contribution is 0.194. The molecule has 3 rings (SSSR count). The molecule has 9 nitrogen and oxygen atoms in total. The van der Waals surface area contributed by atoms with Crippen LogP contribution in [0.3, 0.4) is 0 Å². The highest BCUT2D eigenvalue weighted by atomic mass is 16.5. The van der Waals surface area contributed by atoms with Gasteiger partial charge in [-0.05, 0) is 29.8 Å². The van der Waals surface area contributed by atoms with Crippen molar-refractivity contribution in [1.82, 2.24) is 10.3 Å². The Morgan fingerprint density at radius 1 is 1.10 bits per heavy atom. The van der Waals surface area contributed by atoms with E-state index in [1.165, 1.54) is 13.5 Å². The third-order valence-corrected chi connectivity index (χ3v) is 3.79. The van der Waals surface area contributed by atoms with E-state index in [-0.39, 0.29) is 6.54 Å². The van der Waals surface area contributed by atoms with E-state index in [0.29, 0.717) is 28.4 Å². The van der Waals surface area contributed by atoms with E-state index < -0.39 is 12.1 Å². The molecule has 4 N–H and O–H groups in total. The fourth-order valence-electron chi connectivity index (χ4n) is 2.55. The highest BCUT2D eigenvalue weighted by Gasteiger charge is 2.11. The van der Waals surface area contributed by atoms with Gasteiger partial charge in [-0.25, -0.2) is 14.6 Å². The van der Waals surface area contributed by atoms with Crippen molar-refractivity contribution in [2.75, 3.05) is 17.7 Å². The lowest BCUT2D eigenvalue weighted by Crippen LogP contribution is -2.21. The molecule has 0 saturated carbocycles. The van der Waals surface area contributed by atoms with Crippen LogP contribution < -0.4 is 20.7 Å². The van der Waals surface area contributed by atoms with Crippen LogP contribution in [0.1, 0.15) is 19.4 Å². The second kappa shape index (κ2) is 11.1. The number of benzene rings is 2. The second-order valence-corrected chi connectivity index (χ2v) is 5.72. The minimum atomic E-state index is -1.11. The van der Waals surface area contributed by atoms with Gasteiger partial charge in [0.25, 0.3) is 0 Å². The number of aromatic nitrogens is 1. The number of oxazole rings is 1. The Morgan fingerprint density at radius 2 is 1.83 bits per heavy atom. The maximum absolute atomic E-state index is 12.3. The summed E-state index contributed by atoms with van der Waals surface area (Å²) in [7, 11) is 1.52. The quantitative estimate of drug-likeness (QED) is 0.461. The molecule has 1 aromatic heterocycles. The van der Waals surface area contributed by atoms with E-state index in [9.17, 15) is 9.59 Å². The lowest BCUT2D eigenvalue weighted by atomic mass is 10.1. The molecule has 0 atom stereocenters. The predicted molar refractivity (Wildman–Crippen MR) is 114 cm³/mol. The van der Waals surface area contributed by atoms with Crippen LogP contribution in [0.25, 0.3) is 11.3 Å². The number of ether oxygens (including phenoxy) is 1. The van der Waals surface area contributed by atoms with Crippen molar-refractivity contribution in [1.29, 1.82) is 0 Å². The minimum absolute atomic E-state index is 0.146. The van der Waals surface area contributed by atoms with Crippen LogP contribution in [0, 0.1) is 0 Å². The molecule has 0 unspecified atom stereocenters. The Labute approximate surface area is 174 Å². The topological polar surface area (TPSA) is 126 Å². The van der Waals surface area contributed by atoms with Crippen LogP contribution in [0.4, 0.5) is 21.0 Å². The number of carboxylic acid groups (broad SMARTS) is 1. The fraction of sp³-hybridized carbons (Fsp3) is 0.190. The summed E-state index contributed by atoms with van der Waals surface area (Å²) in [4.78, 5) is 26.7. The Morgan fingerprint density at radius 3 is 2.47 bits per heavy atom. The monoisotopic (exact) mass is 412 g/mol. The smallest absolute Gasteiger partial charge is 0.404 e. The maximum atomic E-state index is 12.3. The van der Waals surface area contributed by atoms with Crippen LogP contribution in [0.15, 0.2) is 59.5 Å². The number of methoxy groups -OCH3 is 1. The van der Waals surface area contributed by atoms with Crippen molar-refractivity contribution in [3.63, 3.8) is 0 Å². The zero-order chi connectivity index (χ0) is 21.9. The summed E-state index contributed by atoms with van der Waals surface area (Å²) in [5.74, 6) is 1.08. The number of nitrogens with zero attached hydrogens (tertiary/aromatic N) is 1. The van der Waals surface area contributed by atoms with Gasteiger partial charge >= 0.3 is 12.1 Å². The van der Waals surface area contributed by atoms with E-state index in [0.717, 1.165) is 5.56 Å². The number of hydrogen-bond acceptors (Lipinski definition) is 5. The fourth-order valence-corrected chi connectivity index (χ4v) is 2.55. The molecule has 3 aromatic rings. The maximum Gasteiger partial charge on any atom is 0.404 e. The molecule has 0 saturated heterocycles. The van der Waals surface area contributed by atoms with Crippen molar-refractivity contribution >= 4 is 23.5 Å². The average molecular weight is 412 g/mol. The summed E-state index contributed by atoms with van der Waals surface area (Å²) in [6.45, 7) is 4.15. The predicted octanol–water partition coefficient (Wildman–Crippen LogP) is 4.79. The summed E-state index contributed by atoms with van der Waals surface area (Å²) in [5, 5.41) is 16.4. The molecule has 0 radical (unpaired) electrons. The average Bonchev–Trinajstić information content (AvgIpc) is 3.28. The van der Waals surface area contributed by atoms with Crippen LogP contribution in [0.5, 0.6) is 5.75 Å². The molecule has 0 aliphatic rings. The highest BCUT2D eigenvalue weighted by molar-refractivity contribution is 6.00. The zero-order valence-corrected chi connectivity index (χ0v) is 16.9. The largest absolute Gasteiger partial charge is 0.496 e. The molecule has 30 heavy (non-hydrogen) atoms. The van der Waals surface area contributed by atoms with Crippen molar-refractivity contribution in [2.45, 2.75) is 20.4 Å². The second-order valence-electron chi connectivity index (χ2n) is 5.72. The van der Waals surface area contributed by atoms with Gasteiger partial charge in [0, 0.05) is 24.0 Å². The van der Waals surface area contributed by atoms with Gasteiger partial charge in [-0.2, -0.15) is 0 Å². The van der Waals surface area contributed by atoms with E-state index >= 15 is 0 Å². The minimum Gasteiger partial charge on any atom is -0.496 e. The van der Waals surface area contributed by atoms with Gasteiger partial charge in [-0.1, -0.05) is 26.0 Å². The molecule has 0 fully saturated rings. The third kappa shape index (κ3) is 6.26. The molecular weight excluding hydrogens is 388 g/mol. The third-order valence-electron chi connectivity index (χ3n) is 3.79. The van der Waals surface area contributed by atoms with Gasteiger partial charge in [0.2, 0.25) is 0 Å². The Bertz CT molecular complexity index is 973. The Kier molecular flexibility index (Phi) is 8.25. The molecular formula is C21H24N4O5. The van der Waals surface area contributed by atoms with Gasteiger partial charge in [0.1, 0.15) is 5.75 Å². The highest BCUT2D eigenvalue weighted by Crippen LogP contribution is 2.32. The summed E-state index contributed by atoms with van der Waals surface area (Å²) >= 11 is 0. The van der Waals surface area contributed by atoms with Gasteiger partial charge in [-0.3, -0.25) is 0 Å².